The van der Waals surface area contributed by atoms with Crippen molar-refractivity contribution in [2.75, 3.05) is 32.0 Å². The molecule has 1 aliphatic heterocycles. The first-order chi connectivity index (χ1) is 18.4. The predicted molar refractivity (Wildman–Crippen MR) is 159 cm³/mol. The minimum Gasteiger partial charge on any atom is -0.508 e. The summed E-state index contributed by atoms with van der Waals surface area (Å²) in [5, 5.41) is 10.9. The number of piperidine rings is 1. The number of aromatic hydroxyl groups is 1. The van der Waals surface area contributed by atoms with Crippen LogP contribution in [0.15, 0.2) is 66.7 Å². The van der Waals surface area contributed by atoms with Crippen LogP contribution in [0.25, 0.3) is 20.5 Å². The first-order valence-electron chi connectivity index (χ1n) is 12.8. The van der Waals surface area contributed by atoms with Crippen molar-refractivity contribution in [1.82, 2.24) is 4.90 Å². The first kappa shape index (κ1) is 29.0. The van der Waals surface area contributed by atoms with E-state index in [2.05, 4.69) is 4.90 Å². The number of likely N-dealkylation sites (tertiary alicyclic amines) is 1. The fourth-order valence-electron chi connectivity index (χ4n) is 4.42. The van der Waals surface area contributed by atoms with Gasteiger partial charge in [-0.25, -0.2) is 0 Å². The van der Waals surface area contributed by atoms with E-state index in [0.29, 0.717) is 18.1 Å². The summed E-state index contributed by atoms with van der Waals surface area (Å²) in [7, 11) is -3.60. The lowest BCUT2D eigenvalue weighted by Crippen LogP contribution is -2.33. The third-order valence-electron chi connectivity index (χ3n) is 6.49. The van der Waals surface area contributed by atoms with Crippen LogP contribution >= 0.6 is 23.7 Å². The van der Waals surface area contributed by atoms with Crippen molar-refractivity contribution >= 4 is 43.9 Å². The van der Waals surface area contributed by atoms with Crippen molar-refractivity contribution in [3.05, 3.63) is 66.7 Å². The van der Waals surface area contributed by atoms with Crippen LogP contribution in [-0.2, 0) is 10.1 Å². The number of nitrogens with zero attached hydrogens (tertiary/aromatic N) is 1. The summed E-state index contributed by atoms with van der Waals surface area (Å²) in [5.74, 6) is 2.46. The number of halogens is 1. The zero-order valence-electron chi connectivity index (χ0n) is 21.7. The third-order valence-corrected chi connectivity index (χ3v) is 8.83. The summed E-state index contributed by atoms with van der Waals surface area (Å²) in [5.41, 5.74) is 0.847. The van der Waals surface area contributed by atoms with Gasteiger partial charge in [-0.1, -0.05) is 6.42 Å². The lowest BCUT2D eigenvalue weighted by atomic mass is 10.1. The summed E-state index contributed by atoms with van der Waals surface area (Å²) >= 11 is 1.49. The standard InChI is InChI=1S/C29H31NO6S2.ClH/c1-2-38(32,33)36-25-9-6-21(7-10-25)29-28(26-15-8-22(31)20-27(26)37-29)35-24-13-11-23(12-14-24)34-19-18-30-16-4-3-5-17-30;/h6-15,20,31H,2-5,16-19H2,1H3;1H. The average Bonchev–Trinajstić information content (AvgIpc) is 3.27. The van der Waals surface area contributed by atoms with Gasteiger partial charge >= 0.3 is 10.1 Å². The Kier molecular flexibility index (Phi) is 9.61. The highest BCUT2D eigenvalue weighted by Gasteiger charge is 2.18. The second kappa shape index (κ2) is 12.9. The van der Waals surface area contributed by atoms with Gasteiger partial charge in [-0.2, -0.15) is 8.42 Å². The normalized spacial score (nSPS) is 14.1. The second-order valence-corrected chi connectivity index (χ2v) is 12.1. The van der Waals surface area contributed by atoms with Crippen LogP contribution in [-0.4, -0.2) is 50.4 Å². The van der Waals surface area contributed by atoms with Crippen LogP contribution in [0.2, 0.25) is 0 Å². The highest BCUT2D eigenvalue weighted by Crippen LogP contribution is 2.47. The lowest BCUT2D eigenvalue weighted by Gasteiger charge is -2.26. The van der Waals surface area contributed by atoms with Gasteiger partial charge in [0.1, 0.15) is 29.6 Å². The van der Waals surface area contributed by atoms with E-state index in [1.807, 2.05) is 30.3 Å². The van der Waals surface area contributed by atoms with E-state index in [0.717, 1.165) is 45.9 Å². The lowest BCUT2D eigenvalue weighted by molar-refractivity contribution is 0.183. The largest absolute Gasteiger partial charge is 0.508 e. The molecule has 0 radical (unpaired) electrons. The molecule has 1 saturated heterocycles. The Labute approximate surface area is 239 Å². The molecule has 5 rings (SSSR count). The molecule has 0 atom stereocenters. The molecule has 7 nitrogen and oxygen atoms in total. The van der Waals surface area contributed by atoms with Crippen molar-refractivity contribution in [2.24, 2.45) is 0 Å². The molecule has 1 fully saturated rings. The molecule has 1 aliphatic rings. The predicted octanol–water partition coefficient (Wildman–Crippen LogP) is 7.08. The van der Waals surface area contributed by atoms with Crippen molar-refractivity contribution < 1.29 is 27.2 Å². The zero-order chi connectivity index (χ0) is 26.5. The highest BCUT2D eigenvalue weighted by atomic mass is 35.5. The van der Waals surface area contributed by atoms with E-state index in [4.69, 9.17) is 13.7 Å². The molecule has 1 aromatic heterocycles. The van der Waals surface area contributed by atoms with Crippen molar-refractivity contribution in [3.63, 3.8) is 0 Å². The van der Waals surface area contributed by atoms with E-state index < -0.39 is 10.1 Å². The molecule has 0 aliphatic carbocycles. The van der Waals surface area contributed by atoms with Crippen LogP contribution in [0, 0.1) is 0 Å². The van der Waals surface area contributed by atoms with Crippen molar-refractivity contribution in [3.8, 4) is 39.2 Å². The molecule has 0 amide bonds. The first-order valence-corrected chi connectivity index (χ1v) is 15.2. The molecule has 2 heterocycles. The topological polar surface area (TPSA) is 85.3 Å². The minimum atomic E-state index is -3.60. The van der Waals surface area contributed by atoms with Gasteiger partial charge in [0.2, 0.25) is 0 Å². The van der Waals surface area contributed by atoms with Gasteiger partial charge in [-0.3, -0.25) is 4.90 Å². The van der Waals surface area contributed by atoms with Gasteiger partial charge in [-0.15, -0.1) is 23.7 Å². The van der Waals surface area contributed by atoms with Gasteiger partial charge in [-0.05, 0) is 105 Å². The van der Waals surface area contributed by atoms with Crippen LogP contribution in [0.5, 0.6) is 28.7 Å². The Bertz CT molecular complexity index is 1480. The van der Waals surface area contributed by atoms with Gasteiger partial charge in [0, 0.05) is 16.6 Å². The molecule has 0 spiro atoms. The Hall–Kier alpha value is -2.98. The fraction of sp³-hybridized carbons (Fsp3) is 0.310. The van der Waals surface area contributed by atoms with E-state index >= 15 is 0 Å². The van der Waals surface area contributed by atoms with E-state index in [1.165, 1.54) is 37.5 Å². The molecule has 4 aromatic rings. The SMILES string of the molecule is CCS(=O)(=O)Oc1ccc(-c2sc3cc(O)ccc3c2Oc2ccc(OCCN3CCCCC3)cc2)cc1.Cl. The average molecular weight is 590 g/mol. The number of rotatable bonds is 10. The number of thiophene rings is 1. The molecule has 208 valence electrons. The Morgan fingerprint density at radius 3 is 2.26 bits per heavy atom. The number of phenols is 1. The molecule has 3 aromatic carbocycles. The molecular weight excluding hydrogens is 558 g/mol. The van der Waals surface area contributed by atoms with Gasteiger partial charge in [0.05, 0.1) is 10.6 Å². The second-order valence-electron chi connectivity index (χ2n) is 9.22. The quantitative estimate of drug-likeness (QED) is 0.198. The van der Waals surface area contributed by atoms with E-state index in [-0.39, 0.29) is 29.7 Å². The summed E-state index contributed by atoms with van der Waals surface area (Å²) in [6.45, 7) is 5.43. The monoisotopic (exact) mass is 589 g/mol. The molecular formula is C29H32ClNO6S2. The third kappa shape index (κ3) is 7.36. The Morgan fingerprint density at radius 1 is 0.897 bits per heavy atom. The summed E-state index contributed by atoms with van der Waals surface area (Å²) in [4.78, 5) is 3.31. The van der Waals surface area contributed by atoms with Crippen molar-refractivity contribution in [1.29, 1.82) is 0 Å². The van der Waals surface area contributed by atoms with Gasteiger partial charge in [0.25, 0.3) is 0 Å². The molecule has 0 unspecified atom stereocenters. The molecule has 10 heteroatoms. The molecule has 0 saturated carbocycles. The Balaban J connectivity index is 0.00000353. The van der Waals surface area contributed by atoms with Gasteiger partial charge < -0.3 is 18.8 Å². The number of benzene rings is 3. The van der Waals surface area contributed by atoms with Crippen molar-refractivity contribution in [2.45, 2.75) is 26.2 Å². The zero-order valence-corrected chi connectivity index (χ0v) is 24.1. The summed E-state index contributed by atoms with van der Waals surface area (Å²) in [6, 6.07) is 19.6. The molecule has 39 heavy (non-hydrogen) atoms. The number of hydrogen-bond acceptors (Lipinski definition) is 8. The minimum absolute atomic E-state index is 0. The molecule has 1 N–H and O–H groups in total. The number of hydrogen-bond donors (Lipinski definition) is 1. The fourth-order valence-corrected chi connectivity index (χ4v) is 6.11. The smallest absolute Gasteiger partial charge is 0.308 e. The Morgan fingerprint density at radius 2 is 1.56 bits per heavy atom. The van der Waals surface area contributed by atoms with Crippen LogP contribution in [0.1, 0.15) is 26.2 Å². The van der Waals surface area contributed by atoms with Crippen LogP contribution in [0.4, 0.5) is 0 Å². The number of phenolic OH excluding ortho intramolecular Hbond substituents is 1. The van der Waals surface area contributed by atoms with Crippen LogP contribution in [0.3, 0.4) is 0 Å². The van der Waals surface area contributed by atoms with Gasteiger partial charge in [0.15, 0.2) is 5.75 Å². The number of ether oxygens (including phenoxy) is 2. The highest BCUT2D eigenvalue weighted by molar-refractivity contribution is 7.87. The van der Waals surface area contributed by atoms with E-state index in [9.17, 15) is 13.5 Å². The molecule has 0 bridgehead atoms. The maximum Gasteiger partial charge on any atom is 0.308 e. The summed E-state index contributed by atoms with van der Waals surface area (Å²) in [6.07, 6.45) is 3.86. The number of fused-ring (bicyclic) bond motifs is 1. The summed E-state index contributed by atoms with van der Waals surface area (Å²) < 4.78 is 41.9. The van der Waals surface area contributed by atoms with Crippen LogP contribution < -0.4 is 13.7 Å². The maximum absolute atomic E-state index is 11.8. The maximum atomic E-state index is 11.8. The van der Waals surface area contributed by atoms with E-state index in [1.54, 1.807) is 36.4 Å².